The van der Waals surface area contributed by atoms with Crippen molar-refractivity contribution in [2.45, 2.75) is 69.6 Å². The van der Waals surface area contributed by atoms with Crippen molar-refractivity contribution in [3.05, 3.63) is 78.4 Å². The van der Waals surface area contributed by atoms with Gasteiger partial charge in [0.2, 0.25) is 0 Å². The Morgan fingerprint density at radius 3 is 2.48 bits per heavy atom. The zero-order chi connectivity index (χ0) is 28.5. The van der Waals surface area contributed by atoms with Gasteiger partial charge in [0, 0.05) is 30.4 Å². The minimum atomic E-state index is -4.82. The van der Waals surface area contributed by atoms with Crippen LogP contribution in [0.15, 0.2) is 67.3 Å². The predicted molar refractivity (Wildman–Crippen MR) is 142 cm³/mol. The highest BCUT2D eigenvalue weighted by Crippen LogP contribution is 2.53. The Morgan fingerprint density at radius 1 is 1.07 bits per heavy atom. The highest BCUT2D eigenvalue weighted by atomic mass is 19.4. The van der Waals surface area contributed by atoms with Gasteiger partial charge < -0.3 is 14.2 Å². The first-order valence-corrected chi connectivity index (χ1v) is 13.3. The number of alkyl halides is 3. The van der Waals surface area contributed by atoms with Crippen LogP contribution in [0.25, 0.3) is 11.1 Å². The van der Waals surface area contributed by atoms with Gasteiger partial charge in [0.1, 0.15) is 17.7 Å². The third-order valence-electron chi connectivity index (χ3n) is 7.28. The fourth-order valence-corrected chi connectivity index (χ4v) is 5.88. The average molecular weight is 556 g/mol. The number of ether oxygens (including phenoxy) is 3. The largest absolute Gasteiger partial charge is 0.573 e. The zero-order valence-electron chi connectivity index (χ0n) is 22.6. The fraction of sp³-hybridized carbons (Fsp3) is 0.433. The van der Waals surface area contributed by atoms with Gasteiger partial charge in [-0.2, -0.15) is 0 Å². The molecule has 0 radical (unpaired) electrons. The first-order chi connectivity index (χ1) is 18.9. The van der Waals surface area contributed by atoms with Crippen molar-refractivity contribution in [2.24, 2.45) is 0 Å². The quantitative estimate of drug-likeness (QED) is 0.343. The van der Waals surface area contributed by atoms with Crippen LogP contribution in [0.2, 0.25) is 0 Å². The monoisotopic (exact) mass is 555 g/mol. The van der Waals surface area contributed by atoms with E-state index < -0.39 is 29.7 Å². The molecule has 2 aliphatic rings. The van der Waals surface area contributed by atoms with Crippen LogP contribution in [-0.4, -0.2) is 51.7 Å². The van der Waals surface area contributed by atoms with Crippen LogP contribution < -0.4 is 4.74 Å². The molecule has 212 valence electrons. The van der Waals surface area contributed by atoms with E-state index in [2.05, 4.69) is 14.7 Å². The van der Waals surface area contributed by atoms with E-state index >= 15 is 0 Å². The Morgan fingerprint density at radius 2 is 1.80 bits per heavy atom. The third kappa shape index (κ3) is 6.06. The van der Waals surface area contributed by atoms with E-state index in [1.807, 2.05) is 51.1 Å². The van der Waals surface area contributed by atoms with Gasteiger partial charge in [-0.25, -0.2) is 14.8 Å². The molecule has 2 fully saturated rings. The number of piperidine rings is 1. The molecule has 5 rings (SSSR count). The summed E-state index contributed by atoms with van der Waals surface area (Å²) in [6.45, 7) is 6.26. The molecular formula is C30H32F3N3O4. The molecule has 1 amide bonds. The highest BCUT2D eigenvalue weighted by molar-refractivity contribution is 5.70. The lowest BCUT2D eigenvalue weighted by atomic mass is 9.75. The summed E-state index contributed by atoms with van der Waals surface area (Å²) in [5, 5.41) is 0. The number of hydrogen-bond donors (Lipinski definition) is 0. The standard InChI is InChI=1S/C30H32F3N3O4/c1-28(2,3)40-27(37)36-13-7-12-29(26(36)20-8-5-4-6-9-20)15-21(18-38-29)25-14-23(39-30(31,32)33)10-11-24(25)22-16-34-19-35-17-22/h4-6,8-11,14,16-17,19,21,26H,7,12-13,15,18H2,1-3H3/t21-,26-,29+/m0/s1. The Kier molecular flexibility index (Phi) is 7.48. The molecule has 0 saturated carbocycles. The maximum absolute atomic E-state index is 13.4. The summed E-state index contributed by atoms with van der Waals surface area (Å²) in [5.41, 5.74) is 1.52. The van der Waals surface area contributed by atoms with Gasteiger partial charge in [-0.3, -0.25) is 4.90 Å². The molecule has 7 nitrogen and oxygen atoms in total. The first kappa shape index (κ1) is 27.9. The number of amides is 1. The van der Waals surface area contributed by atoms with Gasteiger partial charge in [-0.1, -0.05) is 36.4 Å². The Labute approximate surface area is 231 Å². The zero-order valence-corrected chi connectivity index (χ0v) is 22.6. The fourth-order valence-electron chi connectivity index (χ4n) is 5.88. The molecule has 1 aromatic heterocycles. The average Bonchev–Trinajstić information content (AvgIpc) is 3.31. The number of carbonyl (C=O) groups is 1. The minimum absolute atomic E-state index is 0.266. The number of likely N-dealkylation sites (tertiary alicyclic amines) is 1. The number of rotatable bonds is 4. The summed E-state index contributed by atoms with van der Waals surface area (Å²) in [4.78, 5) is 23.3. The van der Waals surface area contributed by atoms with Crippen molar-refractivity contribution in [3.8, 4) is 16.9 Å². The predicted octanol–water partition coefficient (Wildman–Crippen LogP) is 7.06. The minimum Gasteiger partial charge on any atom is -0.444 e. The van der Waals surface area contributed by atoms with E-state index in [9.17, 15) is 18.0 Å². The molecule has 3 aromatic rings. The molecule has 1 spiro atoms. The molecule has 0 bridgehead atoms. The van der Waals surface area contributed by atoms with Crippen LogP contribution >= 0.6 is 0 Å². The van der Waals surface area contributed by atoms with Gasteiger partial charge >= 0.3 is 12.5 Å². The maximum atomic E-state index is 13.4. The van der Waals surface area contributed by atoms with E-state index in [1.54, 1.807) is 23.4 Å². The van der Waals surface area contributed by atoms with Crippen molar-refractivity contribution in [1.82, 2.24) is 14.9 Å². The summed E-state index contributed by atoms with van der Waals surface area (Å²) in [6, 6.07) is 13.6. The molecule has 0 unspecified atom stereocenters. The molecule has 0 N–H and O–H groups in total. The molecule has 3 atom stereocenters. The summed E-state index contributed by atoms with van der Waals surface area (Å²) >= 11 is 0. The van der Waals surface area contributed by atoms with E-state index in [1.165, 1.54) is 18.5 Å². The first-order valence-electron chi connectivity index (χ1n) is 13.3. The van der Waals surface area contributed by atoms with Gasteiger partial charge in [0.25, 0.3) is 0 Å². The van der Waals surface area contributed by atoms with E-state index in [0.29, 0.717) is 42.5 Å². The lowest BCUT2D eigenvalue weighted by Gasteiger charge is -2.47. The van der Waals surface area contributed by atoms with E-state index in [4.69, 9.17) is 9.47 Å². The van der Waals surface area contributed by atoms with Crippen LogP contribution in [0.1, 0.15) is 63.1 Å². The topological polar surface area (TPSA) is 73.8 Å². The Hall–Kier alpha value is -3.66. The normalized spacial score (nSPS) is 23.3. The lowest BCUT2D eigenvalue weighted by Crippen LogP contribution is -2.53. The van der Waals surface area contributed by atoms with E-state index in [0.717, 1.165) is 5.56 Å². The Bertz CT molecular complexity index is 1330. The molecule has 40 heavy (non-hydrogen) atoms. The third-order valence-corrected chi connectivity index (χ3v) is 7.28. The summed E-state index contributed by atoms with van der Waals surface area (Å²) in [6.07, 6.45) is 1.28. The summed E-state index contributed by atoms with van der Waals surface area (Å²) in [5.74, 6) is -0.570. The van der Waals surface area contributed by atoms with Crippen LogP contribution in [-0.2, 0) is 9.47 Å². The van der Waals surface area contributed by atoms with Crippen LogP contribution in [0.4, 0.5) is 18.0 Å². The van der Waals surface area contributed by atoms with Crippen molar-refractivity contribution in [2.75, 3.05) is 13.2 Å². The van der Waals surface area contributed by atoms with Gasteiger partial charge in [0.15, 0.2) is 0 Å². The molecular weight excluding hydrogens is 523 g/mol. The number of benzene rings is 2. The molecule has 2 aliphatic heterocycles. The van der Waals surface area contributed by atoms with Crippen LogP contribution in [0.5, 0.6) is 5.75 Å². The van der Waals surface area contributed by atoms with Crippen molar-refractivity contribution in [1.29, 1.82) is 0 Å². The number of nitrogens with zero attached hydrogens (tertiary/aromatic N) is 3. The van der Waals surface area contributed by atoms with Crippen molar-refractivity contribution in [3.63, 3.8) is 0 Å². The van der Waals surface area contributed by atoms with Gasteiger partial charge in [-0.15, -0.1) is 13.2 Å². The molecule has 10 heteroatoms. The maximum Gasteiger partial charge on any atom is 0.573 e. The summed E-state index contributed by atoms with van der Waals surface area (Å²) < 4.78 is 56.0. The molecule has 2 saturated heterocycles. The number of hydrogen-bond acceptors (Lipinski definition) is 6. The number of halogens is 3. The second-order valence-electron chi connectivity index (χ2n) is 11.3. The van der Waals surface area contributed by atoms with Crippen molar-refractivity contribution < 1.29 is 32.2 Å². The number of aromatic nitrogens is 2. The van der Waals surface area contributed by atoms with Gasteiger partial charge in [-0.05, 0) is 68.9 Å². The highest BCUT2D eigenvalue weighted by Gasteiger charge is 2.53. The Balaban J connectivity index is 1.54. The van der Waals surface area contributed by atoms with E-state index in [-0.39, 0.29) is 18.3 Å². The molecule has 2 aromatic carbocycles. The number of carbonyl (C=O) groups excluding carboxylic acids is 1. The van der Waals surface area contributed by atoms with Crippen LogP contribution in [0.3, 0.4) is 0 Å². The molecule has 3 heterocycles. The SMILES string of the molecule is CC(C)(C)OC(=O)N1CCC[C@@]2(C[C@H](c3cc(OC(F)(F)F)ccc3-c3cncnc3)CO2)[C@@H]1c1ccccc1. The summed E-state index contributed by atoms with van der Waals surface area (Å²) in [7, 11) is 0. The second kappa shape index (κ2) is 10.7. The lowest BCUT2D eigenvalue weighted by molar-refractivity contribution is -0.274. The van der Waals surface area contributed by atoms with Crippen LogP contribution in [0, 0.1) is 0 Å². The molecule has 0 aliphatic carbocycles. The second-order valence-corrected chi connectivity index (χ2v) is 11.3. The smallest absolute Gasteiger partial charge is 0.444 e. The van der Waals surface area contributed by atoms with Crippen molar-refractivity contribution >= 4 is 6.09 Å². The van der Waals surface area contributed by atoms with Gasteiger partial charge in [0.05, 0.1) is 18.2 Å².